The Hall–Kier alpha value is -1.14. The van der Waals surface area contributed by atoms with Crippen LogP contribution in [0.15, 0.2) is 4.52 Å². The van der Waals surface area contributed by atoms with Gasteiger partial charge in [0.05, 0.1) is 13.2 Å². The Morgan fingerprint density at radius 3 is 2.76 bits per heavy atom. The van der Waals surface area contributed by atoms with Crippen LogP contribution in [-0.2, 0) is 4.74 Å². The second-order valence-corrected chi connectivity index (χ2v) is 4.80. The molecule has 0 radical (unpaired) electrons. The molecule has 2 heterocycles. The second kappa shape index (κ2) is 4.62. The molecule has 0 bridgehead atoms. The highest BCUT2D eigenvalue weighted by molar-refractivity contribution is 5.28. The van der Waals surface area contributed by atoms with Crippen LogP contribution in [-0.4, -0.2) is 42.5 Å². The Morgan fingerprint density at radius 2 is 2.06 bits per heavy atom. The molecule has 6 nitrogen and oxygen atoms in total. The smallest absolute Gasteiger partial charge is 0.266 e. The number of nitrogens with zero attached hydrogens (tertiary/aromatic N) is 3. The van der Waals surface area contributed by atoms with E-state index < -0.39 is 0 Å². The van der Waals surface area contributed by atoms with Gasteiger partial charge in [-0.3, -0.25) is 0 Å². The van der Waals surface area contributed by atoms with Crippen molar-refractivity contribution in [3.8, 4) is 0 Å². The Labute approximate surface area is 100 Å². The van der Waals surface area contributed by atoms with E-state index in [1.807, 2.05) is 0 Å². The lowest BCUT2D eigenvalue weighted by Gasteiger charge is -2.24. The fraction of sp³-hybridized carbons (Fsp3) is 0.818. The zero-order chi connectivity index (χ0) is 11.7. The minimum atomic E-state index is 0.290. The number of hydrogen-bond donors (Lipinski definition) is 1. The maximum absolute atomic E-state index is 5.90. The third-order valence-electron chi connectivity index (χ3n) is 3.55. The molecule has 0 spiro atoms. The minimum Gasteiger partial charge on any atom is -0.378 e. The van der Waals surface area contributed by atoms with Gasteiger partial charge in [0, 0.05) is 25.0 Å². The molecule has 3 rings (SSSR count). The van der Waals surface area contributed by atoms with E-state index in [1.165, 1.54) is 0 Å². The van der Waals surface area contributed by atoms with Crippen molar-refractivity contribution in [2.75, 3.05) is 31.2 Å². The quantitative estimate of drug-likeness (QED) is 0.808. The third-order valence-corrected chi connectivity index (χ3v) is 3.55. The van der Waals surface area contributed by atoms with Gasteiger partial charge in [0.1, 0.15) is 0 Å². The van der Waals surface area contributed by atoms with Gasteiger partial charge in [-0.15, -0.1) is 0 Å². The van der Waals surface area contributed by atoms with Crippen molar-refractivity contribution in [3.63, 3.8) is 0 Å². The van der Waals surface area contributed by atoms with E-state index in [4.69, 9.17) is 15.0 Å². The van der Waals surface area contributed by atoms with E-state index >= 15 is 0 Å². The van der Waals surface area contributed by atoms with Gasteiger partial charge in [-0.1, -0.05) is 0 Å². The fourth-order valence-electron chi connectivity index (χ4n) is 2.53. The van der Waals surface area contributed by atoms with Gasteiger partial charge in [-0.05, 0) is 24.4 Å². The summed E-state index contributed by atoms with van der Waals surface area (Å²) in [5.41, 5.74) is 5.90. The van der Waals surface area contributed by atoms with Crippen LogP contribution >= 0.6 is 0 Å². The van der Waals surface area contributed by atoms with E-state index in [-0.39, 0.29) is 0 Å². The first-order valence-corrected chi connectivity index (χ1v) is 6.25. The molecular weight excluding hydrogens is 220 g/mol. The molecule has 1 aromatic heterocycles. The molecule has 1 aliphatic carbocycles. The van der Waals surface area contributed by atoms with E-state index in [2.05, 4.69) is 15.0 Å². The highest BCUT2D eigenvalue weighted by atomic mass is 16.5. The lowest BCUT2D eigenvalue weighted by atomic mass is 10.1. The maximum Gasteiger partial charge on any atom is 0.266 e. The van der Waals surface area contributed by atoms with Crippen LogP contribution in [0.4, 0.5) is 5.95 Å². The summed E-state index contributed by atoms with van der Waals surface area (Å²) in [6.45, 7) is 3.14. The van der Waals surface area contributed by atoms with Crippen LogP contribution in [0.25, 0.3) is 0 Å². The SMILES string of the molecule is N[C@H]1CC[C@@H](c2nc(N3CCOCC3)no2)C1. The first-order valence-electron chi connectivity index (χ1n) is 6.25. The van der Waals surface area contributed by atoms with Crippen LogP contribution in [0.1, 0.15) is 31.1 Å². The van der Waals surface area contributed by atoms with Crippen molar-refractivity contribution in [2.45, 2.75) is 31.2 Å². The van der Waals surface area contributed by atoms with E-state index in [9.17, 15) is 0 Å². The molecular formula is C11H18N4O2. The molecule has 2 aliphatic rings. The first kappa shape index (κ1) is 11.0. The molecule has 0 unspecified atom stereocenters. The van der Waals surface area contributed by atoms with Crippen molar-refractivity contribution < 1.29 is 9.26 Å². The molecule has 0 aromatic carbocycles. The van der Waals surface area contributed by atoms with Crippen molar-refractivity contribution in [2.24, 2.45) is 5.73 Å². The number of nitrogens with two attached hydrogens (primary N) is 1. The summed E-state index contributed by atoms with van der Waals surface area (Å²) in [5.74, 6) is 1.80. The number of aromatic nitrogens is 2. The first-order chi connectivity index (χ1) is 8.33. The van der Waals surface area contributed by atoms with E-state index in [0.29, 0.717) is 17.9 Å². The van der Waals surface area contributed by atoms with Crippen LogP contribution in [0.2, 0.25) is 0 Å². The number of morpholine rings is 1. The highest BCUT2D eigenvalue weighted by Gasteiger charge is 2.28. The standard InChI is InChI=1S/C11H18N4O2/c12-9-2-1-8(7-9)10-13-11(14-17-10)15-3-5-16-6-4-15/h8-9H,1-7,12H2/t8-,9+/m1/s1. The van der Waals surface area contributed by atoms with E-state index in [1.54, 1.807) is 0 Å². The molecule has 2 N–H and O–H groups in total. The molecule has 2 atom stereocenters. The molecule has 6 heteroatoms. The molecule has 1 saturated carbocycles. The number of rotatable bonds is 2. The monoisotopic (exact) mass is 238 g/mol. The Balaban J connectivity index is 1.69. The van der Waals surface area contributed by atoms with Crippen LogP contribution < -0.4 is 10.6 Å². The summed E-state index contributed by atoms with van der Waals surface area (Å²) >= 11 is 0. The van der Waals surface area contributed by atoms with Crippen molar-refractivity contribution >= 4 is 5.95 Å². The van der Waals surface area contributed by atoms with Crippen LogP contribution in [0, 0.1) is 0 Å². The highest BCUT2D eigenvalue weighted by Crippen LogP contribution is 2.33. The van der Waals surface area contributed by atoms with Crippen LogP contribution in [0.3, 0.4) is 0 Å². The van der Waals surface area contributed by atoms with Gasteiger partial charge < -0.3 is 19.9 Å². The average Bonchev–Trinajstić information content (AvgIpc) is 2.98. The summed E-state index contributed by atoms with van der Waals surface area (Å²) in [7, 11) is 0. The lowest BCUT2D eigenvalue weighted by molar-refractivity contribution is 0.121. The maximum atomic E-state index is 5.90. The predicted octanol–water partition coefficient (Wildman–Crippen LogP) is 0.501. The molecule has 1 saturated heterocycles. The molecule has 94 valence electrons. The Kier molecular flexibility index (Phi) is 2.98. The topological polar surface area (TPSA) is 77.4 Å². The second-order valence-electron chi connectivity index (χ2n) is 4.80. The van der Waals surface area contributed by atoms with Gasteiger partial charge in [0.15, 0.2) is 0 Å². The van der Waals surface area contributed by atoms with Crippen LogP contribution in [0.5, 0.6) is 0 Å². The van der Waals surface area contributed by atoms with E-state index in [0.717, 1.165) is 51.5 Å². The minimum absolute atomic E-state index is 0.290. The van der Waals surface area contributed by atoms with Gasteiger partial charge in [0.25, 0.3) is 5.95 Å². The van der Waals surface area contributed by atoms with Crippen molar-refractivity contribution in [1.82, 2.24) is 10.1 Å². The molecule has 0 amide bonds. The predicted molar refractivity (Wildman–Crippen MR) is 61.9 cm³/mol. The zero-order valence-electron chi connectivity index (χ0n) is 9.84. The van der Waals surface area contributed by atoms with Gasteiger partial charge in [0.2, 0.25) is 5.89 Å². The fourth-order valence-corrected chi connectivity index (χ4v) is 2.53. The average molecular weight is 238 g/mol. The molecule has 2 fully saturated rings. The summed E-state index contributed by atoms with van der Waals surface area (Å²) < 4.78 is 10.6. The van der Waals surface area contributed by atoms with Gasteiger partial charge >= 0.3 is 0 Å². The van der Waals surface area contributed by atoms with Crippen molar-refractivity contribution in [3.05, 3.63) is 5.89 Å². The largest absolute Gasteiger partial charge is 0.378 e. The lowest BCUT2D eigenvalue weighted by Crippen LogP contribution is -2.36. The van der Waals surface area contributed by atoms with Crippen molar-refractivity contribution in [1.29, 1.82) is 0 Å². The molecule has 17 heavy (non-hydrogen) atoms. The Bertz CT molecular complexity index is 356. The number of anilines is 1. The summed E-state index contributed by atoms with van der Waals surface area (Å²) in [4.78, 5) is 6.59. The number of hydrogen-bond acceptors (Lipinski definition) is 6. The summed E-state index contributed by atoms with van der Waals surface area (Å²) in [6.07, 6.45) is 3.08. The molecule has 1 aromatic rings. The van der Waals surface area contributed by atoms with Gasteiger partial charge in [-0.25, -0.2) is 0 Å². The zero-order valence-corrected chi connectivity index (χ0v) is 9.84. The summed E-state index contributed by atoms with van der Waals surface area (Å²) in [5, 5.41) is 4.05. The normalized spacial score (nSPS) is 29.8. The Morgan fingerprint density at radius 1 is 1.24 bits per heavy atom. The molecule has 1 aliphatic heterocycles. The third kappa shape index (κ3) is 2.28. The number of ether oxygens (including phenoxy) is 1. The van der Waals surface area contributed by atoms with Gasteiger partial charge in [-0.2, -0.15) is 4.98 Å². The summed E-state index contributed by atoms with van der Waals surface area (Å²) in [6, 6.07) is 0.290.